The maximum Gasteiger partial charge on any atom is 0.407 e. The van der Waals surface area contributed by atoms with Crippen LogP contribution in [0.3, 0.4) is 0 Å². The van der Waals surface area contributed by atoms with Gasteiger partial charge in [-0.25, -0.2) is 19.2 Å². The van der Waals surface area contributed by atoms with Crippen LogP contribution in [0.1, 0.15) is 129 Å². The lowest BCUT2D eigenvalue weighted by Crippen LogP contribution is -2.44. The molecule has 4 N–H and O–H groups in total. The molecule has 2 aliphatic rings. The molecule has 0 aliphatic carbocycles. The number of unbranched alkanes of at least 4 members (excludes halogenated alkanes) is 11. The number of hydrogen-bond acceptors (Lipinski definition) is 10. The smallest absolute Gasteiger partial charge is 0.407 e. The summed E-state index contributed by atoms with van der Waals surface area (Å²) in [5, 5.41) is 11.2. The fraction of sp³-hybridized carbons (Fsp3) is 0.868. The first-order valence-electron chi connectivity index (χ1n) is 20.4. The van der Waals surface area contributed by atoms with E-state index in [2.05, 4.69) is 35.1 Å². The molecule has 3 unspecified atom stereocenters. The summed E-state index contributed by atoms with van der Waals surface area (Å²) >= 11 is 0. The average Bonchev–Trinajstić information content (AvgIpc) is 4.09. The minimum Gasteiger partial charge on any atom is -0.449 e. The topological polar surface area (TPSA) is 189 Å². The molecule has 6 amide bonds. The highest BCUT2D eigenvalue weighted by molar-refractivity contribution is 5.94. The number of nitrogens with one attached hydrogen (secondary N) is 4. The predicted molar refractivity (Wildman–Crippen MR) is 201 cm³/mol. The Balaban J connectivity index is 1.59. The van der Waals surface area contributed by atoms with Crippen LogP contribution in [0.25, 0.3) is 0 Å². The SMILES string of the molecule is CCCCC(CC)COC(=O)NCCCCCCCC(=O)N(CCCCCCNC(=O)OCC1CO1)C(=O)NCCCCCCNC(=O)OCC1CO1. The Morgan fingerprint density at radius 2 is 1.06 bits per heavy atom. The highest BCUT2D eigenvalue weighted by Gasteiger charge is 2.25. The van der Waals surface area contributed by atoms with Gasteiger partial charge < -0.3 is 45.0 Å². The van der Waals surface area contributed by atoms with Crippen LogP contribution >= 0.6 is 0 Å². The minimum atomic E-state index is -0.444. The highest BCUT2D eigenvalue weighted by atomic mass is 16.6. The summed E-state index contributed by atoms with van der Waals surface area (Å²) in [6, 6.07) is -0.364. The van der Waals surface area contributed by atoms with E-state index >= 15 is 0 Å². The van der Waals surface area contributed by atoms with Crippen LogP contribution in [0.4, 0.5) is 19.2 Å². The van der Waals surface area contributed by atoms with Gasteiger partial charge in [0.05, 0.1) is 19.8 Å². The lowest BCUT2D eigenvalue weighted by atomic mass is 10.0. The molecule has 0 aromatic heterocycles. The zero-order valence-electron chi connectivity index (χ0n) is 32.6. The molecule has 2 saturated heterocycles. The largest absolute Gasteiger partial charge is 0.449 e. The number of carbonyl (C=O) groups is 5. The quantitative estimate of drug-likeness (QED) is 0.0351. The van der Waals surface area contributed by atoms with Crippen LogP contribution in [-0.2, 0) is 28.5 Å². The zero-order chi connectivity index (χ0) is 38.4. The van der Waals surface area contributed by atoms with E-state index in [-0.39, 0.29) is 43.5 Å². The molecule has 15 heteroatoms. The number of alkyl carbamates (subject to hydrolysis) is 3. The van der Waals surface area contributed by atoms with Crippen molar-refractivity contribution in [3.8, 4) is 0 Å². The molecule has 2 rings (SSSR count). The van der Waals surface area contributed by atoms with Crippen molar-refractivity contribution in [3.63, 3.8) is 0 Å². The number of ether oxygens (including phenoxy) is 5. The van der Waals surface area contributed by atoms with Gasteiger partial charge in [0, 0.05) is 39.1 Å². The van der Waals surface area contributed by atoms with Crippen molar-refractivity contribution < 1.29 is 47.7 Å². The van der Waals surface area contributed by atoms with Gasteiger partial charge in [0.15, 0.2) is 0 Å². The van der Waals surface area contributed by atoms with Gasteiger partial charge >= 0.3 is 24.3 Å². The summed E-state index contributed by atoms with van der Waals surface area (Å²) in [5.74, 6) is 0.243. The molecule has 0 aromatic rings. The summed E-state index contributed by atoms with van der Waals surface area (Å²) in [4.78, 5) is 62.9. The Hall–Kier alpha value is -3.33. The summed E-state index contributed by atoms with van der Waals surface area (Å²) in [5.41, 5.74) is 0. The van der Waals surface area contributed by atoms with Gasteiger partial charge in [-0.1, -0.05) is 78.1 Å². The van der Waals surface area contributed by atoms with Crippen LogP contribution < -0.4 is 21.3 Å². The standard InChI is InChI=1S/C38H69N5O10/c1-3-5-19-31(4-2)26-51-36(46)40-22-15-8-6-7-13-20-34(44)43(25-18-12-11-17-24-42-38(48)53-30-33-28-50-33)35(45)39-21-14-9-10-16-23-41-37(47)52-29-32-27-49-32/h31-33H,3-30H2,1-2H3,(H,39,45)(H,40,46)(H,41,47)(H,42,48). The Kier molecular flexibility index (Phi) is 26.0. The molecule has 0 aromatic carbocycles. The van der Waals surface area contributed by atoms with E-state index in [0.29, 0.717) is 77.7 Å². The van der Waals surface area contributed by atoms with Gasteiger partial charge in [0.2, 0.25) is 5.91 Å². The van der Waals surface area contributed by atoms with Gasteiger partial charge in [0.1, 0.15) is 25.4 Å². The molecule has 15 nitrogen and oxygen atoms in total. The fourth-order valence-corrected chi connectivity index (χ4v) is 5.53. The second-order valence-corrected chi connectivity index (χ2v) is 14.0. The van der Waals surface area contributed by atoms with Crippen molar-refractivity contribution in [1.29, 1.82) is 0 Å². The zero-order valence-corrected chi connectivity index (χ0v) is 32.6. The maximum atomic E-state index is 13.2. The third-order valence-electron chi connectivity index (χ3n) is 9.21. The molecule has 306 valence electrons. The third-order valence-corrected chi connectivity index (χ3v) is 9.21. The summed E-state index contributed by atoms with van der Waals surface area (Å²) in [7, 11) is 0. The Labute approximate surface area is 317 Å². The third kappa shape index (κ3) is 26.1. The highest BCUT2D eigenvalue weighted by Crippen LogP contribution is 2.14. The number of carbonyl (C=O) groups excluding carboxylic acids is 5. The molecule has 0 spiro atoms. The molecule has 0 radical (unpaired) electrons. The number of epoxide rings is 2. The number of hydrogen-bond donors (Lipinski definition) is 4. The molecule has 2 fully saturated rings. The van der Waals surface area contributed by atoms with Crippen molar-refractivity contribution in [2.24, 2.45) is 5.92 Å². The average molecular weight is 756 g/mol. The summed E-state index contributed by atoms with van der Waals surface area (Å²) < 4.78 is 25.5. The predicted octanol–water partition coefficient (Wildman–Crippen LogP) is 6.18. The van der Waals surface area contributed by atoms with E-state index in [1.165, 1.54) is 4.90 Å². The van der Waals surface area contributed by atoms with Gasteiger partial charge in [-0.15, -0.1) is 0 Å². The van der Waals surface area contributed by atoms with Crippen LogP contribution in [0.2, 0.25) is 0 Å². The van der Waals surface area contributed by atoms with E-state index in [0.717, 1.165) is 96.3 Å². The normalized spacial score (nSPS) is 16.2. The maximum absolute atomic E-state index is 13.2. The first kappa shape index (κ1) is 45.8. The summed E-state index contributed by atoms with van der Waals surface area (Å²) in [6.07, 6.45) is 14.3. The number of rotatable bonds is 32. The molecular formula is C38H69N5O10. The molecule has 53 heavy (non-hydrogen) atoms. The van der Waals surface area contributed by atoms with E-state index in [1.807, 2.05) is 0 Å². The van der Waals surface area contributed by atoms with Crippen molar-refractivity contribution >= 4 is 30.2 Å². The van der Waals surface area contributed by atoms with Gasteiger partial charge in [0.25, 0.3) is 0 Å². The molecule has 2 aliphatic heterocycles. The van der Waals surface area contributed by atoms with Crippen molar-refractivity contribution in [3.05, 3.63) is 0 Å². The number of nitrogens with zero attached hydrogens (tertiary/aromatic N) is 1. The number of imide groups is 1. The van der Waals surface area contributed by atoms with Crippen molar-refractivity contribution in [1.82, 2.24) is 26.2 Å². The lowest BCUT2D eigenvalue weighted by Gasteiger charge is -2.21. The first-order valence-corrected chi connectivity index (χ1v) is 20.4. The van der Waals surface area contributed by atoms with E-state index in [1.54, 1.807) is 0 Å². The monoisotopic (exact) mass is 756 g/mol. The number of amides is 6. The van der Waals surface area contributed by atoms with E-state index in [9.17, 15) is 24.0 Å². The second-order valence-electron chi connectivity index (χ2n) is 14.0. The second kappa shape index (κ2) is 30.0. The lowest BCUT2D eigenvalue weighted by molar-refractivity contribution is -0.128. The van der Waals surface area contributed by atoms with Gasteiger partial charge in [-0.05, 0) is 50.9 Å². The molecule has 3 atom stereocenters. The van der Waals surface area contributed by atoms with Gasteiger partial charge in [-0.2, -0.15) is 0 Å². The molecule has 0 saturated carbocycles. The molecule has 2 heterocycles. The Morgan fingerprint density at radius 1 is 0.604 bits per heavy atom. The van der Waals surface area contributed by atoms with E-state index < -0.39 is 12.2 Å². The number of urea groups is 1. The van der Waals surface area contributed by atoms with Crippen molar-refractivity contribution in [2.75, 3.05) is 65.8 Å². The van der Waals surface area contributed by atoms with Gasteiger partial charge in [-0.3, -0.25) is 9.69 Å². The minimum absolute atomic E-state index is 0.0348. The molecule has 0 bridgehead atoms. The Morgan fingerprint density at radius 3 is 1.55 bits per heavy atom. The van der Waals surface area contributed by atoms with Crippen LogP contribution in [0, 0.1) is 5.92 Å². The van der Waals surface area contributed by atoms with E-state index in [4.69, 9.17) is 23.7 Å². The van der Waals surface area contributed by atoms with Crippen LogP contribution in [0.5, 0.6) is 0 Å². The van der Waals surface area contributed by atoms with Crippen LogP contribution in [-0.4, -0.2) is 113 Å². The molecular weight excluding hydrogens is 686 g/mol. The Bertz CT molecular complexity index is 1030. The summed E-state index contributed by atoms with van der Waals surface area (Å²) in [6.45, 7) is 9.00. The fourth-order valence-electron chi connectivity index (χ4n) is 5.53. The van der Waals surface area contributed by atoms with Crippen LogP contribution in [0.15, 0.2) is 0 Å². The van der Waals surface area contributed by atoms with Crippen molar-refractivity contribution in [2.45, 2.75) is 142 Å². The first-order chi connectivity index (χ1) is 25.8.